The summed E-state index contributed by atoms with van der Waals surface area (Å²) in [6.45, 7) is 2.72. The van der Waals surface area contributed by atoms with Gasteiger partial charge in [0, 0.05) is 24.0 Å². The molecule has 35 heavy (non-hydrogen) atoms. The predicted molar refractivity (Wildman–Crippen MR) is 145 cm³/mol. The fourth-order valence-corrected chi connectivity index (χ4v) is 5.31. The van der Waals surface area contributed by atoms with Crippen LogP contribution in [0.5, 0.6) is 5.75 Å². The molecule has 1 aliphatic heterocycles. The van der Waals surface area contributed by atoms with Crippen LogP contribution < -0.4 is 4.74 Å². The Kier molecular flexibility index (Phi) is 5.93. The molecular weight excluding hydrogens is 428 g/mol. The van der Waals surface area contributed by atoms with Crippen molar-refractivity contribution in [2.45, 2.75) is 25.8 Å². The summed E-state index contributed by atoms with van der Waals surface area (Å²) in [7, 11) is 2.20. The molecule has 0 bridgehead atoms. The second-order valence-corrected chi connectivity index (χ2v) is 9.55. The third-order valence-electron chi connectivity index (χ3n) is 7.11. The molecule has 1 aromatic heterocycles. The molecule has 6 rings (SSSR count). The Hall–Kier alpha value is -3.69. The van der Waals surface area contributed by atoms with Gasteiger partial charge in [0.1, 0.15) is 5.75 Å². The second kappa shape index (κ2) is 9.52. The Morgan fingerprint density at radius 1 is 0.829 bits per heavy atom. The smallest absolute Gasteiger partial charge is 0.119 e. The highest BCUT2D eigenvalue weighted by molar-refractivity contribution is 6.09. The summed E-state index contributed by atoms with van der Waals surface area (Å²) in [6.07, 6.45) is 3.09. The third kappa shape index (κ3) is 4.40. The fraction of sp³-hybridized carbons (Fsp3) is 0.219. The van der Waals surface area contributed by atoms with Crippen LogP contribution in [0.4, 0.5) is 0 Å². The van der Waals surface area contributed by atoms with Crippen molar-refractivity contribution in [2.24, 2.45) is 0 Å². The number of aromatic nitrogens is 1. The number of pyridine rings is 1. The summed E-state index contributed by atoms with van der Waals surface area (Å²) in [6, 6.07) is 32.2. The van der Waals surface area contributed by atoms with Gasteiger partial charge < -0.3 is 9.64 Å². The first kappa shape index (κ1) is 21.8. The molecule has 0 spiro atoms. The van der Waals surface area contributed by atoms with E-state index in [1.54, 1.807) is 0 Å². The summed E-state index contributed by atoms with van der Waals surface area (Å²) in [5.74, 6) is 0.916. The van der Waals surface area contributed by atoms with Crippen LogP contribution in [0.25, 0.3) is 32.9 Å². The van der Waals surface area contributed by atoms with E-state index in [9.17, 15) is 0 Å². The number of aryl methyl sites for hydroxylation is 1. The minimum Gasteiger partial charge on any atom is -0.494 e. The van der Waals surface area contributed by atoms with Gasteiger partial charge in [0.05, 0.1) is 17.8 Å². The molecule has 0 unspecified atom stereocenters. The van der Waals surface area contributed by atoms with Gasteiger partial charge in [-0.2, -0.15) is 0 Å². The van der Waals surface area contributed by atoms with Gasteiger partial charge in [0.2, 0.25) is 0 Å². The summed E-state index contributed by atoms with van der Waals surface area (Å²) in [4.78, 5) is 7.61. The zero-order valence-electron chi connectivity index (χ0n) is 20.2. The van der Waals surface area contributed by atoms with Crippen molar-refractivity contribution in [3.8, 4) is 17.0 Å². The van der Waals surface area contributed by atoms with E-state index in [-0.39, 0.29) is 0 Å². The van der Waals surface area contributed by atoms with Crippen LogP contribution in [-0.4, -0.2) is 30.1 Å². The van der Waals surface area contributed by atoms with Crippen LogP contribution in [0.1, 0.15) is 23.1 Å². The van der Waals surface area contributed by atoms with E-state index >= 15 is 0 Å². The van der Waals surface area contributed by atoms with E-state index in [2.05, 4.69) is 103 Å². The summed E-state index contributed by atoms with van der Waals surface area (Å²) in [5, 5.41) is 3.92. The Balaban J connectivity index is 1.29. The average Bonchev–Trinajstić information content (AvgIpc) is 2.91. The second-order valence-electron chi connectivity index (χ2n) is 9.55. The molecule has 0 fully saturated rings. The van der Waals surface area contributed by atoms with Gasteiger partial charge in [-0.1, -0.05) is 60.7 Å². The quantitative estimate of drug-likeness (QED) is 0.201. The highest BCUT2D eigenvalue weighted by atomic mass is 16.5. The molecule has 2 heterocycles. The van der Waals surface area contributed by atoms with Crippen LogP contribution in [0.15, 0.2) is 91.0 Å². The summed E-state index contributed by atoms with van der Waals surface area (Å²) in [5.41, 5.74) is 7.52. The molecule has 0 atom stereocenters. The van der Waals surface area contributed by atoms with Gasteiger partial charge in [-0.25, -0.2) is 4.98 Å². The minimum absolute atomic E-state index is 0.718. The first-order valence-electron chi connectivity index (χ1n) is 12.6. The molecule has 0 amide bonds. The normalized spacial score (nSPS) is 13.7. The van der Waals surface area contributed by atoms with Gasteiger partial charge in [-0.3, -0.25) is 0 Å². The lowest BCUT2D eigenvalue weighted by Gasteiger charge is -2.28. The third-order valence-corrected chi connectivity index (χ3v) is 7.11. The number of rotatable bonds is 6. The largest absolute Gasteiger partial charge is 0.494 e. The topological polar surface area (TPSA) is 25.4 Å². The van der Waals surface area contributed by atoms with Gasteiger partial charge in [0.25, 0.3) is 0 Å². The highest BCUT2D eigenvalue weighted by Gasteiger charge is 2.22. The van der Waals surface area contributed by atoms with Crippen molar-refractivity contribution in [3.05, 3.63) is 108 Å². The Morgan fingerprint density at radius 2 is 1.63 bits per heavy atom. The first-order chi connectivity index (χ1) is 17.3. The van der Waals surface area contributed by atoms with Crippen molar-refractivity contribution in [1.29, 1.82) is 0 Å². The maximum Gasteiger partial charge on any atom is 0.119 e. The van der Waals surface area contributed by atoms with E-state index in [1.165, 1.54) is 32.8 Å². The number of likely N-dealkylation sites (N-methyl/N-ethyl adjacent to an activating group) is 1. The van der Waals surface area contributed by atoms with E-state index in [4.69, 9.17) is 9.72 Å². The van der Waals surface area contributed by atoms with Crippen LogP contribution in [-0.2, 0) is 19.4 Å². The molecular formula is C32H30N2O. The number of fused-ring (bicyclic) bond motifs is 5. The van der Waals surface area contributed by atoms with Crippen LogP contribution in [0.3, 0.4) is 0 Å². The van der Waals surface area contributed by atoms with Gasteiger partial charge in [-0.05, 0) is 84.1 Å². The monoisotopic (exact) mass is 458 g/mol. The van der Waals surface area contributed by atoms with Crippen molar-refractivity contribution in [3.63, 3.8) is 0 Å². The van der Waals surface area contributed by atoms with E-state index in [0.717, 1.165) is 61.5 Å². The van der Waals surface area contributed by atoms with Crippen LogP contribution >= 0.6 is 0 Å². The Labute approximate surface area is 207 Å². The minimum atomic E-state index is 0.718. The number of benzene rings is 4. The van der Waals surface area contributed by atoms with Crippen molar-refractivity contribution >= 4 is 21.7 Å². The average molecular weight is 459 g/mol. The number of hydrogen-bond acceptors (Lipinski definition) is 3. The molecule has 5 aromatic rings. The molecule has 0 radical (unpaired) electrons. The molecule has 0 saturated carbocycles. The summed E-state index contributed by atoms with van der Waals surface area (Å²) < 4.78 is 6.04. The standard InChI is InChI=1S/C32H30N2O/c1-34-20-19-28-29(22-34)32(33-30-18-15-24-11-5-6-12-27(24)31(28)30)25-13-16-26(17-14-25)35-21-7-10-23-8-3-2-4-9-23/h2-6,8-9,11-18H,7,10,19-22H2,1H3. The molecule has 0 saturated heterocycles. The zero-order valence-corrected chi connectivity index (χ0v) is 20.2. The highest BCUT2D eigenvalue weighted by Crippen LogP contribution is 2.37. The molecule has 174 valence electrons. The number of nitrogens with zero attached hydrogens (tertiary/aromatic N) is 2. The fourth-order valence-electron chi connectivity index (χ4n) is 5.31. The van der Waals surface area contributed by atoms with Gasteiger partial charge in [0.15, 0.2) is 0 Å². The first-order valence-corrected chi connectivity index (χ1v) is 12.6. The molecule has 3 heteroatoms. The SMILES string of the molecule is CN1CCc2c(c(-c3ccc(OCCCc4ccccc4)cc3)nc3ccc4ccccc4c23)C1. The van der Waals surface area contributed by atoms with E-state index < -0.39 is 0 Å². The predicted octanol–water partition coefficient (Wildman–Crippen LogP) is 7.05. The van der Waals surface area contributed by atoms with E-state index in [1.807, 2.05) is 0 Å². The van der Waals surface area contributed by atoms with Crippen molar-refractivity contribution in [2.75, 3.05) is 20.2 Å². The molecule has 0 aliphatic carbocycles. The molecule has 1 aliphatic rings. The number of hydrogen-bond donors (Lipinski definition) is 0. The van der Waals surface area contributed by atoms with E-state index in [0.29, 0.717) is 0 Å². The zero-order chi connectivity index (χ0) is 23.6. The number of ether oxygens (including phenoxy) is 1. The molecule has 3 nitrogen and oxygen atoms in total. The summed E-state index contributed by atoms with van der Waals surface area (Å²) >= 11 is 0. The van der Waals surface area contributed by atoms with Crippen LogP contribution in [0, 0.1) is 0 Å². The van der Waals surface area contributed by atoms with Crippen molar-refractivity contribution in [1.82, 2.24) is 9.88 Å². The van der Waals surface area contributed by atoms with Gasteiger partial charge >= 0.3 is 0 Å². The van der Waals surface area contributed by atoms with Crippen molar-refractivity contribution < 1.29 is 4.74 Å². The Morgan fingerprint density at radius 3 is 2.49 bits per heavy atom. The lowest BCUT2D eigenvalue weighted by molar-refractivity contribution is 0.311. The maximum atomic E-state index is 6.04. The lowest BCUT2D eigenvalue weighted by atomic mass is 9.89. The molecule has 0 N–H and O–H groups in total. The van der Waals surface area contributed by atoms with Gasteiger partial charge in [-0.15, -0.1) is 0 Å². The lowest BCUT2D eigenvalue weighted by Crippen LogP contribution is -2.27. The maximum absolute atomic E-state index is 6.04. The Bertz CT molecular complexity index is 1480. The molecule has 4 aromatic carbocycles. The van der Waals surface area contributed by atoms with Crippen LogP contribution in [0.2, 0.25) is 0 Å².